The van der Waals surface area contributed by atoms with Crippen LogP contribution in [0.2, 0.25) is 5.15 Å². The van der Waals surface area contributed by atoms with Gasteiger partial charge in [-0.3, -0.25) is 0 Å². The highest BCUT2D eigenvalue weighted by molar-refractivity contribution is 7.91. The van der Waals surface area contributed by atoms with E-state index in [1.807, 2.05) is 6.92 Å². The minimum atomic E-state index is -0.920. The van der Waals surface area contributed by atoms with Gasteiger partial charge in [0, 0.05) is 0 Å². The molecule has 0 bridgehead atoms. The average molecular weight is 190 g/mol. The molecular formula is C7H8ClNOS. The van der Waals surface area contributed by atoms with Gasteiger partial charge in [0.2, 0.25) is 0 Å². The summed E-state index contributed by atoms with van der Waals surface area (Å²) >= 11 is 4.63. The summed E-state index contributed by atoms with van der Waals surface area (Å²) in [6.07, 6.45) is 1.54. The van der Waals surface area contributed by atoms with Gasteiger partial charge in [-0.2, -0.15) is 0 Å². The van der Waals surface area contributed by atoms with Crippen LogP contribution in [0.3, 0.4) is 0 Å². The minimum Gasteiger partial charge on any atom is -0.611 e. The van der Waals surface area contributed by atoms with Crippen LogP contribution < -0.4 is 0 Å². The number of hydrogen-bond donors (Lipinski definition) is 0. The Bertz CT molecular complexity index is 226. The fourth-order valence-corrected chi connectivity index (χ4v) is 1.50. The molecule has 0 aromatic carbocycles. The van der Waals surface area contributed by atoms with Crippen LogP contribution in [0.1, 0.15) is 6.92 Å². The third kappa shape index (κ3) is 2.36. The van der Waals surface area contributed by atoms with E-state index in [0.717, 1.165) is 4.90 Å². The third-order valence-corrected chi connectivity index (χ3v) is 2.74. The Balaban J connectivity index is 2.81. The van der Waals surface area contributed by atoms with Crippen molar-refractivity contribution in [1.29, 1.82) is 0 Å². The van der Waals surface area contributed by atoms with Crippen molar-refractivity contribution >= 4 is 22.8 Å². The van der Waals surface area contributed by atoms with Crippen LogP contribution in [0.5, 0.6) is 0 Å². The number of nitrogens with zero attached hydrogens (tertiary/aromatic N) is 1. The minimum absolute atomic E-state index is 0.432. The summed E-state index contributed by atoms with van der Waals surface area (Å²) in [4.78, 5) is 4.55. The van der Waals surface area contributed by atoms with Gasteiger partial charge in [0.25, 0.3) is 0 Å². The topological polar surface area (TPSA) is 36.0 Å². The molecule has 0 aliphatic heterocycles. The van der Waals surface area contributed by atoms with Crippen LogP contribution in [0, 0.1) is 0 Å². The van der Waals surface area contributed by atoms with Gasteiger partial charge in [0.05, 0.1) is 6.20 Å². The van der Waals surface area contributed by atoms with E-state index < -0.39 is 11.2 Å². The zero-order valence-electron chi connectivity index (χ0n) is 6.08. The normalized spacial score (nSPS) is 13.0. The van der Waals surface area contributed by atoms with Crippen LogP contribution >= 0.6 is 11.6 Å². The molecule has 0 aliphatic rings. The monoisotopic (exact) mass is 189 g/mol. The summed E-state index contributed by atoms with van der Waals surface area (Å²) in [7, 11) is 0. The lowest BCUT2D eigenvalue weighted by atomic mass is 10.5. The van der Waals surface area contributed by atoms with Gasteiger partial charge >= 0.3 is 0 Å². The SMILES string of the molecule is CC[S+]([O-])c1ccc(Cl)nc1. The van der Waals surface area contributed by atoms with Gasteiger partial charge in [-0.1, -0.05) is 11.6 Å². The Kier molecular flexibility index (Phi) is 3.17. The molecule has 0 amide bonds. The molecule has 0 saturated carbocycles. The largest absolute Gasteiger partial charge is 0.611 e. The van der Waals surface area contributed by atoms with Gasteiger partial charge < -0.3 is 4.55 Å². The highest BCUT2D eigenvalue weighted by Crippen LogP contribution is 2.11. The molecular weight excluding hydrogens is 182 g/mol. The lowest BCUT2D eigenvalue weighted by molar-refractivity contribution is 0.596. The Morgan fingerprint density at radius 3 is 2.82 bits per heavy atom. The predicted molar refractivity (Wildman–Crippen MR) is 46.2 cm³/mol. The second-order valence-corrected chi connectivity index (χ2v) is 4.08. The molecule has 11 heavy (non-hydrogen) atoms. The zero-order chi connectivity index (χ0) is 8.27. The van der Waals surface area contributed by atoms with Crippen molar-refractivity contribution in [2.75, 3.05) is 5.75 Å². The van der Waals surface area contributed by atoms with Crippen LogP contribution in [0.25, 0.3) is 0 Å². The number of rotatable bonds is 2. The standard InChI is InChI=1S/C7H8ClNOS/c1-2-11(10)6-3-4-7(8)9-5-6/h3-5H,2H2,1H3. The molecule has 60 valence electrons. The van der Waals surface area contributed by atoms with Crippen molar-refractivity contribution in [2.45, 2.75) is 11.8 Å². The molecule has 0 N–H and O–H groups in total. The van der Waals surface area contributed by atoms with Crippen LogP contribution in [-0.2, 0) is 11.2 Å². The van der Waals surface area contributed by atoms with Crippen molar-refractivity contribution < 1.29 is 4.55 Å². The molecule has 2 nitrogen and oxygen atoms in total. The molecule has 1 heterocycles. The molecule has 1 aromatic rings. The van der Waals surface area contributed by atoms with E-state index in [0.29, 0.717) is 10.9 Å². The van der Waals surface area contributed by atoms with E-state index in [1.54, 1.807) is 18.3 Å². The van der Waals surface area contributed by atoms with Crippen molar-refractivity contribution in [3.63, 3.8) is 0 Å². The Morgan fingerprint density at radius 2 is 2.36 bits per heavy atom. The Hall–Kier alpha value is -0.250. The predicted octanol–water partition coefficient (Wildman–Crippen LogP) is 1.86. The summed E-state index contributed by atoms with van der Waals surface area (Å²) in [5, 5.41) is 0.432. The maximum absolute atomic E-state index is 11.2. The smallest absolute Gasteiger partial charge is 0.171 e. The van der Waals surface area contributed by atoms with E-state index in [1.165, 1.54) is 0 Å². The molecule has 0 saturated heterocycles. The van der Waals surface area contributed by atoms with Gasteiger partial charge in [-0.25, -0.2) is 4.98 Å². The molecule has 0 spiro atoms. The third-order valence-electron chi connectivity index (χ3n) is 1.23. The molecule has 0 aliphatic carbocycles. The van der Waals surface area contributed by atoms with Crippen molar-refractivity contribution in [2.24, 2.45) is 0 Å². The Morgan fingerprint density at radius 1 is 1.64 bits per heavy atom. The van der Waals surface area contributed by atoms with E-state index in [9.17, 15) is 4.55 Å². The maximum atomic E-state index is 11.2. The lowest BCUT2D eigenvalue weighted by Gasteiger charge is -2.05. The summed E-state index contributed by atoms with van der Waals surface area (Å²) in [6.45, 7) is 1.87. The second kappa shape index (κ2) is 3.95. The molecule has 0 radical (unpaired) electrons. The van der Waals surface area contributed by atoms with Gasteiger partial charge in [-0.05, 0) is 30.2 Å². The Labute approximate surface area is 73.8 Å². The summed E-state index contributed by atoms with van der Waals surface area (Å²) in [5.74, 6) is 0.614. The van der Waals surface area contributed by atoms with Crippen molar-refractivity contribution in [3.05, 3.63) is 23.5 Å². The number of pyridine rings is 1. The number of aromatic nitrogens is 1. The lowest BCUT2D eigenvalue weighted by Crippen LogP contribution is -2.03. The van der Waals surface area contributed by atoms with E-state index in [-0.39, 0.29) is 0 Å². The van der Waals surface area contributed by atoms with Gasteiger partial charge in [0.1, 0.15) is 10.9 Å². The summed E-state index contributed by atoms with van der Waals surface area (Å²) in [5.41, 5.74) is 0. The van der Waals surface area contributed by atoms with E-state index in [4.69, 9.17) is 11.6 Å². The number of halogens is 1. The quantitative estimate of drug-likeness (QED) is 0.526. The van der Waals surface area contributed by atoms with Gasteiger partial charge in [-0.15, -0.1) is 0 Å². The molecule has 1 unspecified atom stereocenters. The molecule has 0 fully saturated rings. The molecule has 1 atom stereocenters. The number of hydrogen-bond acceptors (Lipinski definition) is 2. The highest BCUT2D eigenvalue weighted by Gasteiger charge is 2.06. The van der Waals surface area contributed by atoms with Crippen molar-refractivity contribution in [3.8, 4) is 0 Å². The second-order valence-electron chi connectivity index (χ2n) is 1.95. The summed E-state index contributed by atoms with van der Waals surface area (Å²) in [6, 6.07) is 3.37. The molecule has 1 aromatic heterocycles. The first kappa shape index (κ1) is 8.84. The molecule has 4 heteroatoms. The van der Waals surface area contributed by atoms with Crippen LogP contribution in [-0.4, -0.2) is 15.3 Å². The average Bonchev–Trinajstić information content (AvgIpc) is 2.05. The first-order chi connectivity index (χ1) is 5.24. The fourth-order valence-electron chi connectivity index (χ4n) is 0.664. The van der Waals surface area contributed by atoms with Crippen LogP contribution in [0.4, 0.5) is 0 Å². The molecule has 1 rings (SSSR count). The van der Waals surface area contributed by atoms with Crippen LogP contribution in [0.15, 0.2) is 23.2 Å². The zero-order valence-corrected chi connectivity index (χ0v) is 7.65. The first-order valence-electron chi connectivity index (χ1n) is 3.24. The van der Waals surface area contributed by atoms with E-state index >= 15 is 0 Å². The fraction of sp³-hybridized carbons (Fsp3) is 0.286. The van der Waals surface area contributed by atoms with E-state index in [2.05, 4.69) is 4.98 Å². The first-order valence-corrected chi connectivity index (χ1v) is 4.93. The van der Waals surface area contributed by atoms with Crippen molar-refractivity contribution in [1.82, 2.24) is 4.98 Å². The van der Waals surface area contributed by atoms with Gasteiger partial charge in [0.15, 0.2) is 4.90 Å². The highest BCUT2D eigenvalue weighted by atomic mass is 35.5. The maximum Gasteiger partial charge on any atom is 0.171 e. The summed E-state index contributed by atoms with van der Waals surface area (Å²) < 4.78 is 11.2.